The first-order chi connectivity index (χ1) is 9.04. The van der Waals surface area contributed by atoms with E-state index in [9.17, 15) is 19.8 Å². The van der Waals surface area contributed by atoms with Gasteiger partial charge in [-0.25, -0.2) is 0 Å². The monoisotopic (exact) mass is 268 g/mol. The van der Waals surface area contributed by atoms with E-state index in [0.717, 1.165) is 12.8 Å². The number of carboxylic acids is 2. The SMILES string of the molecule is C=CCC(C1CO1)C1(C(=O)O)CCCCC1C(=O)O. The summed E-state index contributed by atoms with van der Waals surface area (Å²) in [6.07, 6.45) is 4.41. The fourth-order valence-electron chi connectivity index (χ4n) is 3.56. The maximum Gasteiger partial charge on any atom is 0.310 e. The molecule has 1 saturated heterocycles. The third-order valence-electron chi connectivity index (χ3n) is 4.54. The molecule has 2 aliphatic rings. The van der Waals surface area contributed by atoms with Gasteiger partial charge in [-0.3, -0.25) is 9.59 Å². The van der Waals surface area contributed by atoms with Crippen LogP contribution < -0.4 is 0 Å². The standard InChI is InChI=1S/C14H20O5/c1-2-5-9(11-8-19-11)14(13(17)18)7-4-3-6-10(14)12(15)16/h2,9-11H,1,3-8H2,(H,15,16)(H,17,18). The van der Waals surface area contributed by atoms with Gasteiger partial charge in [0.25, 0.3) is 0 Å². The smallest absolute Gasteiger partial charge is 0.310 e. The van der Waals surface area contributed by atoms with Crippen LogP contribution in [0.15, 0.2) is 12.7 Å². The van der Waals surface area contributed by atoms with Crippen molar-refractivity contribution in [1.29, 1.82) is 0 Å². The highest BCUT2D eigenvalue weighted by Crippen LogP contribution is 2.52. The Morgan fingerprint density at radius 1 is 1.42 bits per heavy atom. The Kier molecular flexibility index (Phi) is 3.94. The van der Waals surface area contributed by atoms with Gasteiger partial charge in [0.2, 0.25) is 0 Å². The van der Waals surface area contributed by atoms with Gasteiger partial charge in [0, 0.05) is 5.92 Å². The van der Waals surface area contributed by atoms with Gasteiger partial charge < -0.3 is 14.9 Å². The molecule has 0 radical (unpaired) electrons. The summed E-state index contributed by atoms with van der Waals surface area (Å²) in [6, 6.07) is 0. The lowest BCUT2D eigenvalue weighted by atomic mass is 9.58. The number of epoxide rings is 1. The fraction of sp³-hybridized carbons (Fsp3) is 0.714. The average molecular weight is 268 g/mol. The highest BCUT2D eigenvalue weighted by atomic mass is 16.6. The third kappa shape index (κ3) is 2.39. The summed E-state index contributed by atoms with van der Waals surface area (Å²) in [4.78, 5) is 23.4. The first kappa shape index (κ1) is 14.1. The highest BCUT2D eigenvalue weighted by molar-refractivity contribution is 5.84. The number of allylic oxidation sites excluding steroid dienone is 1. The first-order valence-corrected chi connectivity index (χ1v) is 6.72. The van der Waals surface area contributed by atoms with E-state index < -0.39 is 23.3 Å². The Balaban J connectivity index is 2.40. The zero-order chi connectivity index (χ0) is 14.0. The van der Waals surface area contributed by atoms with E-state index in [1.54, 1.807) is 6.08 Å². The lowest BCUT2D eigenvalue weighted by molar-refractivity contribution is -0.172. The Morgan fingerprint density at radius 2 is 2.11 bits per heavy atom. The van der Waals surface area contributed by atoms with Crippen molar-refractivity contribution in [1.82, 2.24) is 0 Å². The first-order valence-electron chi connectivity index (χ1n) is 6.72. The number of aliphatic carboxylic acids is 2. The van der Waals surface area contributed by atoms with Gasteiger partial charge in [-0.1, -0.05) is 18.9 Å². The van der Waals surface area contributed by atoms with E-state index in [4.69, 9.17) is 4.74 Å². The minimum atomic E-state index is -1.21. The van der Waals surface area contributed by atoms with Gasteiger partial charge in [-0.15, -0.1) is 6.58 Å². The van der Waals surface area contributed by atoms with Crippen LogP contribution in [-0.2, 0) is 14.3 Å². The molecule has 1 aliphatic carbocycles. The predicted octanol–water partition coefficient (Wildman–Crippen LogP) is 1.92. The molecule has 1 heterocycles. The lowest BCUT2D eigenvalue weighted by Gasteiger charge is -2.43. The highest BCUT2D eigenvalue weighted by Gasteiger charge is 2.59. The van der Waals surface area contributed by atoms with Crippen molar-refractivity contribution in [2.24, 2.45) is 17.3 Å². The summed E-state index contributed by atoms with van der Waals surface area (Å²) < 4.78 is 5.28. The number of ether oxygens (including phenoxy) is 1. The molecule has 19 heavy (non-hydrogen) atoms. The molecule has 2 N–H and O–H groups in total. The number of hydrogen-bond donors (Lipinski definition) is 2. The normalized spacial score (nSPS) is 35.4. The van der Waals surface area contributed by atoms with Gasteiger partial charge in [-0.2, -0.15) is 0 Å². The molecule has 0 aromatic carbocycles. The van der Waals surface area contributed by atoms with Crippen molar-refractivity contribution in [2.75, 3.05) is 6.61 Å². The van der Waals surface area contributed by atoms with E-state index in [1.807, 2.05) is 0 Å². The predicted molar refractivity (Wildman–Crippen MR) is 67.7 cm³/mol. The van der Waals surface area contributed by atoms with E-state index in [-0.39, 0.29) is 12.0 Å². The molecule has 0 spiro atoms. The third-order valence-corrected chi connectivity index (χ3v) is 4.54. The zero-order valence-corrected chi connectivity index (χ0v) is 10.9. The number of carboxylic acid groups (broad SMARTS) is 2. The van der Waals surface area contributed by atoms with Crippen molar-refractivity contribution in [2.45, 2.75) is 38.2 Å². The second-order valence-corrected chi connectivity index (χ2v) is 5.48. The molecule has 4 unspecified atom stereocenters. The second kappa shape index (κ2) is 5.33. The summed E-state index contributed by atoms with van der Waals surface area (Å²) in [7, 11) is 0. The van der Waals surface area contributed by atoms with Gasteiger partial charge in [0.15, 0.2) is 0 Å². The van der Waals surface area contributed by atoms with Crippen LogP contribution in [0.1, 0.15) is 32.1 Å². The number of carbonyl (C=O) groups is 2. The van der Waals surface area contributed by atoms with E-state index in [1.165, 1.54) is 0 Å². The van der Waals surface area contributed by atoms with Crippen molar-refractivity contribution in [3.8, 4) is 0 Å². The van der Waals surface area contributed by atoms with Crippen LogP contribution >= 0.6 is 0 Å². The van der Waals surface area contributed by atoms with Gasteiger partial charge in [0.1, 0.15) is 0 Å². The van der Waals surface area contributed by atoms with E-state index in [0.29, 0.717) is 25.9 Å². The van der Waals surface area contributed by atoms with Crippen molar-refractivity contribution >= 4 is 11.9 Å². The minimum absolute atomic E-state index is 0.131. The van der Waals surface area contributed by atoms with E-state index in [2.05, 4.69) is 6.58 Å². The summed E-state index contributed by atoms with van der Waals surface area (Å²) >= 11 is 0. The molecule has 1 aliphatic heterocycles. The average Bonchev–Trinajstić information content (AvgIpc) is 3.19. The molecule has 4 atom stereocenters. The van der Waals surface area contributed by atoms with Crippen molar-refractivity contribution < 1.29 is 24.5 Å². The van der Waals surface area contributed by atoms with Crippen LogP contribution in [0.5, 0.6) is 0 Å². The summed E-state index contributed by atoms with van der Waals surface area (Å²) in [5.41, 5.74) is -1.21. The molecule has 0 bridgehead atoms. The Bertz CT molecular complexity index is 387. The topological polar surface area (TPSA) is 87.1 Å². The van der Waals surface area contributed by atoms with Crippen molar-refractivity contribution in [3.63, 3.8) is 0 Å². The molecule has 2 rings (SSSR count). The van der Waals surface area contributed by atoms with Crippen LogP contribution in [0, 0.1) is 17.3 Å². The Morgan fingerprint density at radius 3 is 2.58 bits per heavy atom. The molecule has 5 heteroatoms. The van der Waals surface area contributed by atoms with Crippen LogP contribution in [0.3, 0.4) is 0 Å². The number of hydrogen-bond acceptors (Lipinski definition) is 3. The lowest BCUT2D eigenvalue weighted by Crippen LogP contribution is -2.51. The van der Waals surface area contributed by atoms with Gasteiger partial charge in [-0.05, 0) is 19.3 Å². The molecule has 5 nitrogen and oxygen atoms in total. The summed E-state index contributed by atoms with van der Waals surface area (Å²) in [5, 5.41) is 19.1. The minimum Gasteiger partial charge on any atom is -0.481 e. The Labute approximate surface area is 112 Å². The largest absolute Gasteiger partial charge is 0.481 e. The molecule has 0 amide bonds. The summed E-state index contributed by atoms with van der Waals surface area (Å²) in [6.45, 7) is 4.20. The maximum atomic E-state index is 11.9. The molecule has 0 aromatic rings. The van der Waals surface area contributed by atoms with Crippen LogP contribution in [0.4, 0.5) is 0 Å². The maximum absolute atomic E-state index is 11.9. The quantitative estimate of drug-likeness (QED) is 0.567. The van der Waals surface area contributed by atoms with Crippen molar-refractivity contribution in [3.05, 3.63) is 12.7 Å². The molecule has 1 saturated carbocycles. The summed E-state index contributed by atoms with van der Waals surface area (Å²) in [5.74, 6) is -3.12. The molecule has 2 fully saturated rings. The van der Waals surface area contributed by atoms with Gasteiger partial charge in [0.05, 0.1) is 24.0 Å². The number of rotatable bonds is 6. The second-order valence-electron chi connectivity index (χ2n) is 5.48. The Hall–Kier alpha value is -1.36. The van der Waals surface area contributed by atoms with Gasteiger partial charge >= 0.3 is 11.9 Å². The van der Waals surface area contributed by atoms with E-state index >= 15 is 0 Å². The molecular formula is C14H20O5. The zero-order valence-electron chi connectivity index (χ0n) is 10.9. The molecule has 0 aromatic heterocycles. The molecular weight excluding hydrogens is 248 g/mol. The van der Waals surface area contributed by atoms with Crippen LogP contribution in [0.25, 0.3) is 0 Å². The van der Waals surface area contributed by atoms with Crippen LogP contribution in [-0.4, -0.2) is 34.9 Å². The van der Waals surface area contributed by atoms with Crippen LogP contribution in [0.2, 0.25) is 0 Å². The fourth-order valence-corrected chi connectivity index (χ4v) is 3.56. The molecule has 106 valence electrons.